The van der Waals surface area contributed by atoms with Crippen LogP contribution in [0, 0.1) is 0 Å². The Morgan fingerprint density at radius 3 is 2.67 bits per heavy atom. The van der Waals surface area contributed by atoms with E-state index in [1.807, 2.05) is 36.4 Å². The second-order valence-electron chi connectivity index (χ2n) is 5.67. The summed E-state index contributed by atoms with van der Waals surface area (Å²) in [7, 11) is 1.63. The fourth-order valence-corrected chi connectivity index (χ4v) is 2.80. The number of amides is 1. The first-order valence-corrected chi connectivity index (χ1v) is 7.81. The predicted octanol–water partition coefficient (Wildman–Crippen LogP) is 2.23. The lowest BCUT2D eigenvalue weighted by atomic mass is 9.98. The summed E-state index contributed by atoms with van der Waals surface area (Å²) in [5, 5.41) is 2.85. The van der Waals surface area contributed by atoms with Crippen molar-refractivity contribution in [3.63, 3.8) is 0 Å². The van der Waals surface area contributed by atoms with Crippen molar-refractivity contribution in [2.75, 3.05) is 7.11 Å². The molecule has 1 N–H and O–H groups in total. The van der Waals surface area contributed by atoms with E-state index in [1.54, 1.807) is 19.2 Å². The van der Waals surface area contributed by atoms with Crippen LogP contribution in [0.25, 0.3) is 0 Å². The number of hydrogen-bond donors (Lipinski definition) is 1. The quantitative estimate of drug-likeness (QED) is 0.856. The predicted molar refractivity (Wildman–Crippen MR) is 88.4 cm³/mol. The molecule has 0 radical (unpaired) electrons. The Bertz CT molecular complexity index is 757. The molecule has 1 atom stereocenters. The van der Waals surface area contributed by atoms with E-state index in [2.05, 4.69) is 5.32 Å². The number of cyclic esters (lactones) is 1. The lowest BCUT2D eigenvalue weighted by Crippen LogP contribution is -2.41. The van der Waals surface area contributed by atoms with E-state index in [-0.39, 0.29) is 5.91 Å². The van der Waals surface area contributed by atoms with Crippen molar-refractivity contribution in [1.29, 1.82) is 0 Å². The summed E-state index contributed by atoms with van der Waals surface area (Å²) in [6.07, 6.45) is -0.394. The van der Waals surface area contributed by atoms with Crippen molar-refractivity contribution >= 4 is 11.9 Å². The smallest absolute Gasteiger partial charge is 0.339 e. The Labute approximate surface area is 140 Å². The van der Waals surface area contributed by atoms with Gasteiger partial charge in [0.05, 0.1) is 12.2 Å². The summed E-state index contributed by atoms with van der Waals surface area (Å²) < 4.78 is 10.4. The summed E-state index contributed by atoms with van der Waals surface area (Å²) in [6, 6.07) is 15.0. The number of carbonyl (C=O) groups excluding carboxylic acids is 2. The van der Waals surface area contributed by atoms with Gasteiger partial charge >= 0.3 is 5.97 Å². The molecule has 0 spiro atoms. The van der Waals surface area contributed by atoms with Crippen molar-refractivity contribution in [2.45, 2.75) is 25.7 Å². The number of hydrogen-bond acceptors (Lipinski definition) is 4. The molecular formula is C19H19NO4. The zero-order chi connectivity index (χ0) is 16.9. The Balaban J connectivity index is 1.65. The number of nitrogens with one attached hydrogen (secondary N) is 1. The third kappa shape index (κ3) is 3.46. The van der Waals surface area contributed by atoms with Crippen LogP contribution in [0.3, 0.4) is 0 Å². The first-order valence-electron chi connectivity index (χ1n) is 7.81. The molecule has 5 heteroatoms. The molecule has 2 aromatic rings. The van der Waals surface area contributed by atoms with Gasteiger partial charge in [-0.05, 0) is 22.8 Å². The highest BCUT2D eigenvalue weighted by Gasteiger charge is 2.30. The second-order valence-corrected chi connectivity index (χ2v) is 5.67. The number of rotatable bonds is 5. The van der Waals surface area contributed by atoms with Crippen LogP contribution in [0.1, 0.15) is 27.0 Å². The average molecular weight is 325 g/mol. The zero-order valence-electron chi connectivity index (χ0n) is 13.5. The van der Waals surface area contributed by atoms with E-state index in [0.29, 0.717) is 25.1 Å². The first kappa shape index (κ1) is 16.2. The molecule has 0 bridgehead atoms. The van der Waals surface area contributed by atoms with Gasteiger partial charge in [0.25, 0.3) is 5.91 Å². The molecule has 24 heavy (non-hydrogen) atoms. The lowest BCUT2D eigenvalue weighted by Gasteiger charge is -2.24. The molecule has 3 rings (SSSR count). The summed E-state index contributed by atoms with van der Waals surface area (Å²) in [4.78, 5) is 24.4. The van der Waals surface area contributed by atoms with Crippen LogP contribution in [0.5, 0.6) is 0 Å². The number of carbonyl (C=O) groups is 2. The van der Waals surface area contributed by atoms with Gasteiger partial charge in [-0.1, -0.05) is 42.5 Å². The number of methoxy groups -OCH3 is 1. The Morgan fingerprint density at radius 1 is 1.17 bits per heavy atom. The van der Waals surface area contributed by atoms with E-state index in [0.717, 1.165) is 16.7 Å². The molecule has 1 aliphatic heterocycles. The maximum atomic E-state index is 12.4. The largest absolute Gasteiger partial charge is 0.448 e. The van der Waals surface area contributed by atoms with Crippen molar-refractivity contribution < 1.29 is 19.1 Å². The van der Waals surface area contributed by atoms with Gasteiger partial charge in [-0.3, -0.25) is 4.79 Å². The Kier molecular flexibility index (Phi) is 4.91. The summed E-state index contributed by atoms with van der Waals surface area (Å²) >= 11 is 0. The lowest BCUT2D eigenvalue weighted by molar-refractivity contribution is -0.130. The number of ether oxygens (including phenoxy) is 2. The number of fused-ring (bicyclic) bond motifs is 1. The fourth-order valence-electron chi connectivity index (χ4n) is 2.80. The summed E-state index contributed by atoms with van der Waals surface area (Å²) in [5.41, 5.74) is 3.38. The highest BCUT2D eigenvalue weighted by atomic mass is 16.5. The van der Waals surface area contributed by atoms with E-state index in [9.17, 15) is 9.59 Å². The van der Waals surface area contributed by atoms with Gasteiger partial charge in [0.15, 0.2) is 6.10 Å². The molecule has 1 amide bonds. The van der Waals surface area contributed by atoms with Gasteiger partial charge in [0, 0.05) is 20.1 Å². The Morgan fingerprint density at radius 2 is 1.88 bits per heavy atom. The Hall–Kier alpha value is -2.66. The summed E-state index contributed by atoms with van der Waals surface area (Å²) in [6.45, 7) is 0.853. The number of esters is 1. The van der Waals surface area contributed by atoms with Gasteiger partial charge < -0.3 is 14.8 Å². The van der Waals surface area contributed by atoms with Crippen LogP contribution in [0.2, 0.25) is 0 Å². The third-order valence-electron chi connectivity index (χ3n) is 4.06. The zero-order valence-corrected chi connectivity index (χ0v) is 13.5. The molecule has 1 heterocycles. The summed E-state index contributed by atoms with van der Waals surface area (Å²) in [5.74, 6) is -0.734. The SMILES string of the molecule is COCc1ccccc1CNC(=O)[C@@H]1Cc2ccccc2C(=O)O1. The minimum Gasteiger partial charge on any atom is -0.448 e. The van der Waals surface area contributed by atoms with Crippen LogP contribution >= 0.6 is 0 Å². The van der Waals surface area contributed by atoms with Crippen LogP contribution in [-0.2, 0) is 33.8 Å². The van der Waals surface area contributed by atoms with E-state index >= 15 is 0 Å². The van der Waals surface area contributed by atoms with Crippen LogP contribution in [0.4, 0.5) is 0 Å². The van der Waals surface area contributed by atoms with E-state index in [1.165, 1.54) is 0 Å². The third-order valence-corrected chi connectivity index (χ3v) is 4.06. The van der Waals surface area contributed by atoms with Gasteiger partial charge in [-0.15, -0.1) is 0 Å². The molecule has 2 aromatic carbocycles. The molecule has 0 saturated heterocycles. The fraction of sp³-hybridized carbons (Fsp3) is 0.263. The maximum Gasteiger partial charge on any atom is 0.339 e. The van der Waals surface area contributed by atoms with Crippen LogP contribution < -0.4 is 5.32 Å². The average Bonchev–Trinajstić information content (AvgIpc) is 2.61. The number of benzene rings is 2. The van der Waals surface area contributed by atoms with Gasteiger partial charge in [0.1, 0.15) is 0 Å². The van der Waals surface area contributed by atoms with Crippen LogP contribution in [-0.4, -0.2) is 25.1 Å². The molecule has 0 aromatic heterocycles. The van der Waals surface area contributed by atoms with Crippen molar-refractivity contribution in [1.82, 2.24) is 5.32 Å². The van der Waals surface area contributed by atoms with Crippen molar-refractivity contribution in [2.24, 2.45) is 0 Å². The molecule has 0 aliphatic carbocycles. The molecular weight excluding hydrogens is 306 g/mol. The van der Waals surface area contributed by atoms with Crippen molar-refractivity contribution in [3.05, 3.63) is 70.8 Å². The molecule has 5 nitrogen and oxygen atoms in total. The van der Waals surface area contributed by atoms with E-state index in [4.69, 9.17) is 9.47 Å². The van der Waals surface area contributed by atoms with E-state index < -0.39 is 12.1 Å². The van der Waals surface area contributed by atoms with Crippen LogP contribution in [0.15, 0.2) is 48.5 Å². The standard InChI is InChI=1S/C19H19NO4/c1-23-12-15-8-3-2-7-14(15)11-20-18(21)17-10-13-6-4-5-9-16(13)19(22)24-17/h2-9,17H,10-12H2,1H3,(H,20,21)/t17-/m0/s1. The van der Waals surface area contributed by atoms with Gasteiger partial charge in [-0.25, -0.2) is 4.79 Å². The van der Waals surface area contributed by atoms with Gasteiger partial charge in [-0.2, -0.15) is 0 Å². The molecule has 0 unspecified atom stereocenters. The highest BCUT2D eigenvalue weighted by Crippen LogP contribution is 2.20. The van der Waals surface area contributed by atoms with Crippen molar-refractivity contribution in [3.8, 4) is 0 Å². The molecule has 0 fully saturated rings. The topological polar surface area (TPSA) is 64.6 Å². The minimum atomic E-state index is -0.790. The molecule has 1 aliphatic rings. The molecule has 124 valence electrons. The maximum absolute atomic E-state index is 12.4. The highest BCUT2D eigenvalue weighted by molar-refractivity contribution is 5.95. The second kappa shape index (κ2) is 7.27. The normalized spacial score (nSPS) is 16.2. The van der Waals surface area contributed by atoms with Gasteiger partial charge in [0.2, 0.25) is 0 Å². The monoisotopic (exact) mass is 325 g/mol. The molecule has 0 saturated carbocycles. The minimum absolute atomic E-state index is 0.287. The first-order chi connectivity index (χ1) is 11.7.